The van der Waals surface area contributed by atoms with Crippen LogP contribution in [0.5, 0.6) is 0 Å². The fourth-order valence-corrected chi connectivity index (χ4v) is 2.58. The average molecular weight is 255 g/mol. The number of fused-ring (bicyclic) bond motifs is 1. The Morgan fingerprint density at radius 2 is 1.84 bits per heavy atom. The van der Waals surface area contributed by atoms with Crippen LogP contribution in [0.25, 0.3) is 16.5 Å². The average Bonchev–Trinajstić information content (AvgIpc) is 2.88. The van der Waals surface area contributed by atoms with Crippen LogP contribution >= 0.6 is 0 Å². The molecule has 0 saturated heterocycles. The topological polar surface area (TPSA) is 15.8 Å². The third kappa shape index (κ3) is 2.75. The van der Waals surface area contributed by atoms with E-state index in [0.29, 0.717) is 5.41 Å². The largest absolute Gasteiger partial charge is 0.361 e. The summed E-state index contributed by atoms with van der Waals surface area (Å²) >= 11 is 0. The monoisotopic (exact) mass is 255 g/mol. The minimum Gasteiger partial charge on any atom is -0.361 e. The molecule has 1 aromatic heterocycles. The first-order valence-corrected chi connectivity index (χ1v) is 7.41. The zero-order valence-corrected chi connectivity index (χ0v) is 12.6. The molecule has 0 bridgehead atoms. The van der Waals surface area contributed by atoms with Crippen molar-refractivity contribution in [2.45, 2.75) is 47.0 Å². The van der Waals surface area contributed by atoms with Gasteiger partial charge in [0, 0.05) is 22.7 Å². The Hall–Kier alpha value is -1.50. The fraction of sp³-hybridized carbons (Fsp3) is 0.444. The molecule has 1 aromatic carbocycles. The Bertz CT molecular complexity index is 570. The summed E-state index contributed by atoms with van der Waals surface area (Å²) in [5.41, 5.74) is 4.37. The molecule has 1 N–H and O–H groups in total. The lowest BCUT2D eigenvalue weighted by molar-refractivity contribution is 0.396. The minimum atomic E-state index is 0.309. The molecule has 2 rings (SSSR count). The van der Waals surface area contributed by atoms with E-state index in [2.05, 4.69) is 69.2 Å². The number of para-hydroxylation sites is 1. The van der Waals surface area contributed by atoms with Gasteiger partial charge in [-0.05, 0) is 36.3 Å². The van der Waals surface area contributed by atoms with Gasteiger partial charge >= 0.3 is 0 Å². The molecule has 0 atom stereocenters. The molecular formula is C18H25N. The number of hydrogen-bond donors (Lipinski definition) is 1. The minimum absolute atomic E-state index is 0.309. The molecule has 19 heavy (non-hydrogen) atoms. The summed E-state index contributed by atoms with van der Waals surface area (Å²) in [5, 5.41) is 1.34. The number of aromatic amines is 1. The summed E-state index contributed by atoms with van der Waals surface area (Å²) in [7, 11) is 0. The Labute approximate surface area is 116 Å². The van der Waals surface area contributed by atoms with Crippen LogP contribution in [0.15, 0.2) is 36.5 Å². The molecule has 1 nitrogen and oxygen atoms in total. The molecule has 0 aliphatic carbocycles. The van der Waals surface area contributed by atoms with Gasteiger partial charge in [0.1, 0.15) is 0 Å². The zero-order chi connectivity index (χ0) is 13.9. The van der Waals surface area contributed by atoms with Crippen molar-refractivity contribution in [2.75, 3.05) is 0 Å². The summed E-state index contributed by atoms with van der Waals surface area (Å²) in [5.74, 6) is 0. The van der Waals surface area contributed by atoms with Gasteiger partial charge in [0.25, 0.3) is 0 Å². The van der Waals surface area contributed by atoms with Crippen molar-refractivity contribution in [3.63, 3.8) is 0 Å². The Kier molecular flexibility index (Phi) is 4.14. The first-order valence-electron chi connectivity index (χ1n) is 7.41. The summed E-state index contributed by atoms with van der Waals surface area (Å²) in [4.78, 5) is 3.38. The Morgan fingerprint density at radius 1 is 1.16 bits per heavy atom. The molecule has 1 heterocycles. The quantitative estimate of drug-likeness (QED) is 0.696. The number of nitrogens with one attached hydrogen (secondary N) is 1. The van der Waals surface area contributed by atoms with Gasteiger partial charge in [-0.25, -0.2) is 0 Å². The normalized spacial score (nSPS) is 13.2. The van der Waals surface area contributed by atoms with Crippen LogP contribution in [0.2, 0.25) is 0 Å². The fourth-order valence-electron chi connectivity index (χ4n) is 2.58. The van der Waals surface area contributed by atoms with E-state index in [0.717, 1.165) is 6.42 Å². The summed E-state index contributed by atoms with van der Waals surface area (Å²) in [6.07, 6.45) is 8.11. The van der Waals surface area contributed by atoms with Crippen molar-refractivity contribution in [1.82, 2.24) is 4.98 Å². The van der Waals surface area contributed by atoms with Crippen molar-refractivity contribution in [1.29, 1.82) is 0 Å². The van der Waals surface area contributed by atoms with E-state index >= 15 is 0 Å². The van der Waals surface area contributed by atoms with Gasteiger partial charge in [0.05, 0.1) is 0 Å². The van der Waals surface area contributed by atoms with E-state index in [1.54, 1.807) is 0 Å². The molecule has 0 radical (unpaired) electrons. The van der Waals surface area contributed by atoms with Crippen LogP contribution in [-0.4, -0.2) is 4.98 Å². The second-order valence-electron chi connectivity index (χ2n) is 5.63. The molecule has 0 aliphatic heterocycles. The van der Waals surface area contributed by atoms with Crippen LogP contribution in [0.3, 0.4) is 0 Å². The third-order valence-electron chi connectivity index (χ3n) is 4.45. The maximum absolute atomic E-state index is 3.38. The molecular weight excluding hydrogens is 230 g/mol. The number of H-pyrrole nitrogens is 1. The van der Waals surface area contributed by atoms with E-state index in [-0.39, 0.29) is 0 Å². The van der Waals surface area contributed by atoms with E-state index in [4.69, 9.17) is 0 Å². The maximum Gasteiger partial charge on any atom is 0.0460 e. The molecule has 1 heteroatoms. The third-order valence-corrected chi connectivity index (χ3v) is 4.45. The highest BCUT2D eigenvalue weighted by atomic mass is 14.7. The number of hydrogen-bond acceptors (Lipinski definition) is 0. The van der Waals surface area contributed by atoms with Gasteiger partial charge in [0.15, 0.2) is 0 Å². The Balaban J connectivity index is 2.50. The molecule has 0 fully saturated rings. The molecule has 2 aromatic rings. The smallest absolute Gasteiger partial charge is 0.0460 e. The number of benzene rings is 1. The van der Waals surface area contributed by atoms with E-state index in [1.807, 2.05) is 0 Å². The van der Waals surface area contributed by atoms with Crippen LogP contribution in [0, 0.1) is 5.41 Å². The van der Waals surface area contributed by atoms with Crippen molar-refractivity contribution in [2.24, 2.45) is 5.41 Å². The van der Waals surface area contributed by atoms with Crippen LogP contribution in [-0.2, 0) is 0 Å². The number of allylic oxidation sites excluding steroid dienone is 2. The van der Waals surface area contributed by atoms with Crippen molar-refractivity contribution < 1.29 is 0 Å². The Morgan fingerprint density at radius 3 is 2.47 bits per heavy atom. The van der Waals surface area contributed by atoms with Gasteiger partial charge in [-0.3, -0.25) is 0 Å². The van der Waals surface area contributed by atoms with Crippen molar-refractivity contribution >= 4 is 16.5 Å². The van der Waals surface area contributed by atoms with Gasteiger partial charge in [-0.1, -0.05) is 52.0 Å². The van der Waals surface area contributed by atoms with E-state index < -0.39 is 0 Å². The lowest BCUT2D eigenvalue weighted by atomic mass is 9.81. The highest BCUT2D eigenvalue weighted by Gasteiger charge is 2.18. The van der Waals surface area contributed by atoms with Crippen molar-refractivity contribution in [3.8, 4) is 0 Å². The number of rotatable bonds is 5. The molecule has 0 unspecified atom stereocenters. The van der Waals surface area contributed by atoms with Gasteiger partial charge in [0.2, 0.25) is 0 Å². The SMILES string of the molecule is CC/C(=C/C(C)(CC)CC)c1c[nH]c2ccccc12. The number of aromatic nitrogens is 1. The first-order chi connectivity index (χ1) is 9.13. The maximum atomic E-state index is 3.38. The highest BCUT2D eigenvalue weighted by Crippen LogP contribution is 2.34. The van der Waals surface area contributed by atoms with Crippen LogP contribution in [0.1, 0.15) is 52.5 Å². The van der Waals surface area contributed by atoms with Gasteiger partial charge in [-0.2, -0.15) is 0 Å². The van der Waals surface area contributed by atoms with Gasteiger partial charge in [-0.15, -0.1) is 0 Å². The predicted octanol–water partition coefficient (Wildman–Crippen LogP) is 5.79. The molecule has 0 aliphatic rings. The van der Waals surface area contributed by atoms with Crippen LogP contribution in [0.4, 0.5) is 0 Å². The van der Waals surface area contributed by atoms with Gasteiger partial charge < -0.3 is 4.98 Å². The van der Waals surface area contributed by atoms with E-state index in [9.17, 15) is 0 Å². The van der Waals surface area contributed by atoms with Crippen LogP contribution < -0.4 is 0 Å². The molecule has 0 amide bonds. The summed E-state index contributed by atoms with van der Waals surface area (Å²) < 4.78 is 0. The molecule has 0 spiro atoms. The molecule has 102 valence electrons. The second kappa shape index (κ2) is 5.64. The second-order valence-corrected chi connectivity index (χ2v) is 5.63. The molecule has 0 saturated carbocycles. The lowest BCUT2D eigenvalue weighted by Gasteiger charge is -2.24. The van der Waals surface area contributed by atoms with E-state index in [1.165, 1.54) is 34.9 Å². The zero-order valence-electron chi connectivity index (χ0n) is 12.6. The highest BCUT2D eigenvalue weighted by molar-refractivity contribution is 5.92. The predicted molar refractivity (Wildman–Crippen MR) is 85.3 cm³/mol. The lowest BCUT2D eigenvalue weighted by Crippen LogP contribution is -2.10. The van der Waals surface area contributed by atoms with Crippen molar-refractivity contribution in [3.05, 3.63) is 42.1 Å². The summed E-state index contributed by atoms with van der Waals surface area (Å²) in [6, 6.07) is 8.55. The first kappa shape index (κ1) is 13.9. The summed E-state index contributed by atoms with van der Waals surface area (Å²) in [6.45, 7) is 9.17. The standard InChI is InChI=1S/C18H25N/c1-5-14(12-18(4,6-2)7-3)16-13-19-17-11-9-8-10-15(16)17/h8-13,19H,5-7H2,1-4H3/b14-12-.